The molecule has 0 bridgehead atoms. The molecule has 3 rings (SSSR count). The van der Waals surface area contributed by atoms with E-state index in [0.29, 0.717) is 6.42 Å². The molecule has 1 aromatic carbocycles. The number of nitrogens with one attached hydrogen (secondary N) is 1. The van der Waals surface area contributed by atoms with Crippen molar-refractivity contribution in [3.63, 3.8) is 0 Å². The molecule has 2 aromatic heterocycles. The van der Waals surface area contributed by atoms with Gasteiger partial charge in [-0.15, -0.1) is 0 Å². The Bertz CT molecular complexity index is 869. The van der Waals surface area contributed by atoms with Crippen LogP contribution in [0, 0.1) is 20.8 Å². The SMILES string of the molecule is Cc1ccc(C[C@H](NC(=O)Cn2nc(C)cc2C)c2ccccn2)cc1. The van der Waals surface area contributed by atoms with Gasteiger partial charge in [0.1, 0.15) is 6.54 Å². The molecule has 0 unspecified atom stereocenters. The molecular weight excluding hydrogens is 324 g/mol. The second kappa shape index (κ2) is 7.95. The van der Waals surface area contributed by atoms with Gasteiger partial charge in [-0.25, -0.2) is 0 Å². The van der Waals surface area contributed by atoms with Crippen LogP contribution in [0.5, 0.6) is 0 Å². The Kier molecular flexibility index (Phi) is 5.46. The molecule has 0 spiro atoms. The quantitative estimate of drug-likeness (QED) is 0.743. The Morgan fingerprint density at radius 2 is 1.88 bits per heavy atom. The third-order valence-electron chi connectivity index (χ3n) is 4.34. The van der Waals surface area contributed by atoms with Crippen LogP contribution in [0.2, 0.25) is 0 Å². The van der Waals surface area contributed by atoms with Crippen molar-refractivity contribution >= 4 is 5.91 Å². The average Bonchev–Trinajstić information content (AvgIpc) is 2.94. The number of aryl methyl sites for hydroxylation is 3. The van der Waals surface area contributed by atoms with E-state index < -0.39 is 0 Å². The molecule has 26 heavy (non-hydrogen) atoms. The molecule has 5 heteroatoms. The fourth-order valence-corrected chi connectivity index (χ4v) is 2.98. The number of benzene rings is 1. The van der Waals surface area contributed by atoms with Gasteiger partial charge in [-0.1, -0.05) is 35.9 Å². The molecule has 0 aliphatic carbocycles. The van der Waals surface area contributed by atoms with Crippen molar-refractivity contribution in [2.75, 3.05) is 0 Å². The highest BCUT2D eigenvalue weighted by Crippen LogP contribution is 2.17. The highest BCUT2D eigenvalue weighted by atomic mass is 16.2. The maximum Gasteiger partial charge on any atom is 0.242 e. The summed E-state index contributed by atoms with van der Waals surface area (Å²) in [5.41, 5.74) is 5.13. The van der Waals surface area contributed by atoms with Gasteiger partial charge in [0.2, 0.25) is 5.91 Å². The normalized spacial score (nSPS) is 12.0. The van der Waals surface area contributed by atoms with Crippen molar-refractivity contribution in [1.82, 2.24) is 20.1 Å². The summed E-state index contributed by atoms with van der Waals surface area (Å²) in [4.78, 5) is 17.0. The van der Waals surface area contributed by atoms with Crippen LogP contribution >= 0.6 is 0 Å². The fraction of sp³-hybridized carbons (Fsp3) is 0.286. The molecule has 0 saturated carbocycles. The molecule has 1 amide bonds. The van der Waals surface area contributed by atoms with Crippen LogP contribution in [0.1, 0.15) is 34.3 Å². The molecule has 1 atom stereocenters. The van der Waals surface area contributed by atoms with Crippen molar-refractivity contribution in [3.8, 4) is 0 Å². The molecule has 0 aliphatic heterocycles. The number of aromatic nitrogens is 3. The lowest BCUT2D eigenvalue weighted by atomic mass is 10.0. The van der Waals surface area contributed by atoms with E-state index in [4.69, 9.17) is 0 Å². The van der Waals surface area contributed by atoms with Crippen LogP contribution in [0.25, 0.3) is 0 Å². The van der Waals surface area contributed by atoms with Crippen molar-refractivity contribution in [2.24, 2.45) is 0 Å². The zero-order valence-electron chi connectivity index (χ0n) is 15.4. The van der Waals surface area contributed by atoms with Crippen molar-refractivity contribution in [1.29, 1.82) is 0 Å². The van der Waals surface area contributed by atoms with Crippen molar-refractivity contribution in [3.05, 3.63) is 82.9 Å². The number of carbonyl (C=O) groups excluding carboxylic acids is 1. The Hall–Kier alpha value is -2.95. The number of pyridine rings is 1. The van der Waals surface area contributed by atoms with Crippen LogP contribution in [-0.2, 0) is 17.8 Å². The Labute approximate surface area is 154 Å². The molecule has 2 heterocycles. The molecule has 0 fully saturated rings. The summed E-state index contributed by atoms with van der Waals surface area (Å²) < 4.78 is 1.73. The highest BCUT2D eigenvalue weighted by molar-refractivity contribution is 5.76. The fourth-order valence-electron chi connectivity index (χ4n) is 2.98. The number of nitrogens with zero attached hydrogens (tertiary/aromatic N) is 3. The Morgan fingerprint density at radius 1 is 1.12 bits per heavy atom. The minimum Gasteiger partial charge on any atom is -0.346 e. The Morgan fingerprint density at radius 3 is 2.50 bits per heavy atom. The van der Waals surface area contributed by atoms with E-state index in [9.17, 15) is 4.79 Å². The number of hydrogen-bond acceptors (Lipinski definition) is 3. The molecule has 134 valence electrons. The smallest absolute Gasteiger partial charge is 0.242 e. The zero-order valence-corrected chi connectivity index (χ0v) is 15.4. The third-order valence-corrected chi connectivity index (χ3v) is 4.34. The first-order chi connectivity index (χ1) is 12.5. The van der Waals surface area contributed by atoms with Crippen LogP contribution in [0.3, 0.4) is 0 Å². The third kappa shape index (κ3) is 4.57. The van der Waals surface area contributed by atoms with Gasteiger partial charge in [0, 0.05) is 11.9 Å². The van der Waals surface area contributed by atoms with Gasteiger partial charge in [0.05, 0.1) is 17.4 Å². The van der Waals surface area contributed by atoms with E-state index in [1.165, 1.54) is 5.56 Å². The monoisotopic (exact) mass is 348 g/mol. The highest BCUT2D eigenvalue weighted by Gasteiger charge is 2.17. The molecular formula is C21H24N4O. The average molecular weight is 348 g/mol. The van der Waals surface area contributed by atoms with Crippen LogP contribution in [0.15, 0.2) is 54.7 Å². The lowest BCUT2D eigenvalue weighted by molar-refractivity contribution is -0.122. The first kappa shape index (κ1) is 17.9. The van der Waals surface area contributed by atoms with E-state index in [1.54, 1.807) is 10.9 Å². The zero-order chi connectivity index (χ0) is 18.5. The molecule has 0 radical (unpaired) electrons. The van der Waals surface area contributed by atoms with E-state index in [-0.39, 0.29) is 18.5 Å². The summed E-state index contributed by atoms with van der Waals surface area (Å²) in [5.74, 6) is -0.0704. The van der Waals surface area contributed by atoms with Gasteiger partial charge in [-0.05, 0) is 51.0 Å². The van der Waals surface area contributed by atoms with Crippen molar-refractivity contribution in [2.45, 2.75) is 39.8 Å². The van der Waals surface area contributed by atoms with Gasteiger partial charge >= 0.3 is 0 Å². The number of rotatable bonds is 6. The number of carbonyl (C=O) groups is 1. The van der Waals surface area contributed by atoms with Gasteiger partial charge in [0.25, 0.3) is 0 Å². The van der Waals surface area contributed by atoms with E-state index in [2.05, 4.69) is 46.6 Å². The second-order valence-corrected chi connectivity index (χ2v) is 6.65. The largest absolute Gasteiger partial charge is 0.346 e. The maximum absolute atomic E-state index is 12.6. The topological polar surface area (TPSA) is 59.8 Å². The van der Waals surface area contributed by atoms with Gasteiger partial charge in [-0.3, -0.25) is 14.5 Å². The van der Waals surface area contributed by atoms with Crippen LogP contribution in [-0.4, -0.2) is 20.7 Å². The standard InChI is InChI=1S/C21H24N4O/c1-15-7-9-18(10-8-15)13-20(19-6-4-5-11-22-19)23-21(26)14-25-17(3)12-16(2)24-25/h4-12,20H,13-14H2,1-3H3,(H,23,26)/t20-/m0/s1. The maximum atomic E-state index is 12.6. The number of amides is 1. The lowest BCUT2D eigenvalue weighted by Crippen LogP contribution is -2.33. The first-order valence-corrected chi connectivity index (χ1v) is 8.78. The second-order valence-electron chi connectivity index (χ2n) is 6.65. The summed E-state index contributed by atoms with van der Waals surface area (Å²) >= 11 is 0. The van der Waals surface area contributed by atoms with Gasteiger partial charge < -0.3 is 5.32 Å². The van der Waals surface area contributed by atoms with E-state index in [1.807, 2.05) is 38.1 Å². The van der Waals surface area contributed by atoms with Crippen LogP contribution < -0.4 is 5.32 Å². The summed E-state index contributed by atoms with van der Waals surface area (Å²) in [6.45, 7) is 6.15. The molecule has 5 nitrogen and oxygen atoms in total. The molecule has 0 aliphatic rings. The first-order valence-electron chi connectivity index (χ1n) is 8.78. The van der Waals surface area contributed by atoms with E-state index in [0.717, 1.165) is 22.6 Å². The molecule has 3 aromatic rings. The summed E-state index contributed by atoms with van der Waals surface area (Å²) in [5, 5.41) is 7.48. The van der Waals surface area contributed by atoms with E-state index >= 15 is 0 Å². The van der Waals surface area contributed by atoms with Gasteiger partial charge in [-0.2, -0.15) is 5.10 Å². The van der Waals surface area contributed by atoms with Crippen molar-refractivity contribution < 1.29 is 4.79 Å². The summed E-state index contributed by atoms with van der Waals surface area (Å²) in [6.07, 6.45) is 2.45. The lowest BCUT2D eigenvalue weighted by Gasteiger charge is -2.19. The predicted octanol–water partition coefficient (Wildman–Crippen LogP) is 3.30. The number of hydrogen-bond donors (Lipinski definition) is 1. The minimum atomic E-state index is -0.177. The minimum absolute atomic E-state index is 0.0704. The van der Waals surface area contributed by atoms with Gasteiger partial charge in [0.15, 0.2) is 0 Å². The predicted molar refractivity (Wildman–Crippen MR) is 102 cm³/mol. The molecule has 0 saturated heterocycles. The Balaban J connectivity index is 1.76. The summed E-state index contributed by atoms with van der Waals surface area (Å²) in [6, 6.07) is 15.9. The summed E-state index contributed by atoms with van der Waals surface area (Å²) in [7, 11) is 0. The molecule has 1 N–H and O–H groups in total. The van der Waals surface area contributed by atoms with Crippen LogP contribution in [0.4, 0.5) is 0 Å².